The largest absolute Gasteiger partial charge is 0.508 e. The topological polar surface area (TPSA) is 105 Å². The minimum absolute atomic E-state index is 0.133. The molecule has 2 rings (SSSR count). The van der Waals surface area contributed by atoms with Gasteiger partial charge in [-0.15, -0.1) is 0 Å². The van der Waals surface area contributed by atoms with Crippen LogP contribution in [0.5, 0.6) is 5.75 Å². The summed E-state index contributed by atoms with van der Waals surface area (Å²) < 4.78 is 4.48. The van der Waals surface area contributed by atoms with Crippen LogP contribution in [0.4, 0.5) is 0 Å². The van der Waals surface area contributed by atoms with Crippen LogP contribution in [0, 0.1) is 0 Å². The van der Waals surface area contributed by atoms with E-state index in [0.717, 1.165) is 5.56 Å². The monoisotopic (exact) mass is 292 g/mol. The zero-order valence-corrected chi connectivity index (χ0v) is 11.5. The van der Waals surface area contributed by atoms with Gasteiger partial charge in [-0.25, -0.2) is 0 Å². The maximum Gasteiger partial charge on any atom is 0.308 e. The highest BCUT2D eigenvalue weighted by molar-refractivity contribution is 5.98. The van der Waals surface area contributed by atoms with Crippen molar-refractivity contribution >= 4 is 17.8 Å². The van der Waals surface area contributed by atoms with Gasteiger partial charge < -0.3 is 20.5 Å². The van der Waals surface area contributed by atoms with E-state index in [4.69, 9.17) is 0 Å². The van der Waals surface area contributed by atoms with Crippen molar-refractivity contribution in [2.45, 2.75) is 24.9 Å². The van der Waals surface area contributed by atoms with Crippen molar-refractivity contribution in [1.29, 1.82) is 0 Å². The van der Waals surface area contributed by atoms with E-state index in [-0.39, 0.29) is 18.1 Å². The molecule has 3 N–H and O–H groups in total. The predicted molar refractivity (Wildman–Crippen MR) is 72.3 cm³/mol. The summed E-state index contributed by atoms with van der Waals surface area (Å²) in [4.78, 5) is 35.0. The number of hydrogen-bond acceptors (Lipinski definition) is 5. The van der Waals surface area contributed by atoms with E-state index in [2.05, 4.69) is 15.4 Å². The van der Waals surface area contributed by atoms with Gasteiger partial charge in [-0.1, -0.05) is 12.1 Å². The highest BCUT2D eigenvalue weighted by atomic mass is 16.5. The van der Waals surface area contributed by atoms with Gasteiger partial charge in [0.15, 0.2) is 0 Å². The summed E-state index contributed by atoms with van der Waals surface area (Å²) >= 11 is 0. The molecule has 1 fully saturated rings. The lowest BCUT2D eigenvalue weighted by Gasteiger charge is -2.29. The molecule has 0 unspecified atom stereocenters. The average Bonchev–Trinajstić information content (AvgIpc) is 2.46. The zero-order chi connectivity index (χ0) is 15.4. The van der Waals surface area contributed by atoms with E-state index in [1.165, 1.54) is 19.2 Å². The van der Waals surface area contributed by atoms with Gasteiger partial charge in [-0.05, 0) is 17.7 Å². The molecule has 1 aromatic carbocycles. The van der Waals surface area contributed by atoms with E-state index in [1.54, 1.807) is 12.1 Å². The Bertz CT molecular complexity index is 555. The predicted octanol–water partition coefficient (Wildman–Crippen LogP) is -0.519. The van der Waals surface area contributed by atoms with Crippen molar-refractivity contribution in [3.63, 3.8) is 0 Å². The van der Waals surface area contributed by atoms with Crippen LogP contribution < -0.4 is 10.6 Å². The Balaban J connectivity index is 1.98. The number of phenolic OH excluding ortho intramolecular Hbond substituents is 1. The van der Waals surface area contributed by atoms with Crippen LogP contribution >= 0.6 is 0 Å². The number of benzene rings is 1. The molecule has 0 saturated carbocycles. The standard InChI is InChI=1S/C14H16N2O5/c1-21-12(18)7-11-14(20)15-10(13(19)16-11)6-8-2-4-9(17)5-3-8/h2-5,10-11,17H,6-7H2,1H3,(H,15,20)(H,16,19)/t10-,11-/m0/s1. The third-order valence-corrected chi connectivity index (χ3v) is 3.24. The molecule has 0 bridgehead atoms. The molecule has 21 heavy (non-hydrogen) atoms. The number of aromatic hydroxyl groups is 1. The number of carbonyl (C=O) groups is 3. The molecule has 1 heterocycles. The van der Waals surface area contributed by atoms with E-state index in [9.17, 15) is 19.5 Å². The molecule has 112 valence electrons. The third kappa shape index (κ3) is 3.71. The Morgan fingerprint density at radius 3 is 2.33 bits per heavy atom. The number of methoxy groups -OCH3 is 1. The summed E-state index contributed by atoms with van der Waals surface area (Å²) in [6, 6.07) is 4.78. The summed E-state index contributed by atoms with van der Waals surface area (Å²) in [5, 5.41) is 14.3. The molecule has 1 aliphatic rings. The normalized spacial score (nSPS) is 21.4. The van der Waals surface area contributed by atoms with Crippen LogP contribution in [0.2, 0.25) is 0 Å². The van der Waals surface area contributed by atoms with Gasteiger partial charge in [-0.3, -0.25) is 14.4 Å². The second kappa shape index (κ2) is 6.25. The molecule has 1 saturated heterocycles. The number of ether oxygens (including phenoxy) is 1. The van der Waals surface area contributed by atoms with Crippen LogP contribution in [0.1, 0.15) is 12.0 Å². The fourth-order valence-electron chi connectivity index (χ4n) is 2.08. The molecule has 1 aliphatic heterocycles. The highest BCUT2D eigenvalue weighted by Gasteiger charge is 2.34. The molecule has 0 radical (unpaired) electrons. The SMILES string of the molecule is COC(=O)C[C@@H]1NC(=O)[C@H](Cc2ccc(O)cc2)NC1=O. The van der Waals surface area contributed by atoms with Gasteiger partial charge in [0.25, 0.3) is 0 Å². The number of rotatable bonds is 4. The number of nitrogens with one attached hydrogen (secondary N) is 2. The first-order valence-corrected chi connectivity index (χ1v) is 6.45. The van der Waals surface area contributed by atoms with Gasteiger partial charge in [0.1, 0.15) is 17.8 Å². The number of piperazine rings is 1. The summed E-state index contributed by atoms with van der Waals surface area (Å²) in [6.07, 6.45) is 0.114. The lowest BCUT2D eigenvalue weighted by atomic mass is 10.0. The van der Waals surface area contributed by atoms with Gasteiger partial charge in [0.2, 0.25) is 11.8 Å². The molecule has 1 aromatic rings. The molecule has 7 heteroatoms. The van der Waals surface area contributed by atoms with Crippen molar-refractivity contribution in [2.24, 2.45) is 0 Å². The van der Waals surface area contributed by atoms with Gasteiger partial charge in [0.05, 0.1) is 13.5 Å². The smallest absolute Gasteiger partial charge is 0.308 e. The molecule has 0 aliphatic carbocycles. The fraction of sp³-hybridized carbons (Fsp3) is 0.357. The number of hydrogen-bond donors (Lipinski definition) is 3. The number of esters is 1. The first-order valence-electron chi connectivity index (χ1n) is 6.45. The van der Waals surface area contributed by atoms with Crippen molar-refractivity contribution in [1.82, 2.24) is 10.6 Å². The molecule has 2 atom stereocenters. The average molecular weight is 292 g/mol. The van der Waals surface area contributed by atoms with E-state index < -0.39 is 24.0 Å². The zero-order valence-electron chi connectivity index (χ0n) is 11.5. The van der Waals surface area contributed by atoms with Gasteiger partial charge >= 0.3 is 5.97 Å². The summed E-state index contributed by atoms with van der Waals surface area (Å²) in [6.45, 7) is 0. The fourth-order valence-corrected chi connectivity index (χ4v) is 2.08. The summed E-state index contributed by atoms with van der Waals surface area (Å²) in [5.74, 6) is -1.19. The van der Waals surface area contributed by atoms with Crippen LogP contribution in [-0.2, 0) is 25.5 Å². The van der Waals surface area contributed by atoms with Crippen molar-refractivity contribution < 1.29 is 24.2 Å². The van der Waals surface area contributed by atoms with Crippen molar-refractivity contribution in [3.8, 4) is 5.75 Å². The minimum Gasteiger partial charge on any atom is -0.508 e. The van der Waals surface area contributed by atoms with E-state index in [1.807, 2.05) is 0 Å². The maximum absolute atomic E-state index is 12.0. The Kier molecular flexibility index (Phi) is 4.42. The first-order chi connectivity index (χ1) is 9.99. The highest BCUT2D eigenvalue weighted by Crippen LogP contribution is 2.13. The lowest BCUT2D eigenvalue weighted by molar-refractivity contribution is -0.145. The Morgan fingerprint density at radius 2 is 1.71 bits per heavy atom. The Morgan fingerprint density at radius 1 is 1.14 bits per heavy atom. The number of carbonyl (C=O) groups excluding carboxylic acids is 3. The molecule has 7 nitrogen and oxygen atoms in total. The molecule has 0 aromatic heterocycles. The molecular weight excluding hydrogens is 276 g/mol. The van der Waals surface area contributed by atoms with Crippen LogP contribution in [0.3, 0.4) is 0 Å². The molecule has 2 amide bonds. The third-order valence-electron chi connectivity index (χ3n) is 3.24. The summed E-state index contributed by atoms with van der Waals surface area (Å²) in [5.41, 5.74) is 0.805. The minimum atomic E-state index is -0.902. The van der Waals surface area contributed by atoms with E-state index in [0.29, 0.717) is 6.42 Å². The van der Waals surface area contributed by atoms with Crippen LogP contribution in [0.15, 0.2) is 24.3 Å². The quantitative estimate of drug-likeness (QED) is 0.648. The number of phenols is 1. The van der Waals surface area contributed by atoms with Crippen molar-refractivity contribution in [3.05, 3.63) is 29.8 Å². The molecule has 0 spiro atoms. The Hall–Kier alpha value is -2.57. The van der Waals surface area contributed by atoms with E-state index >= 15 is 0 Å². The lowest BCUT2D eigenvalue weighted by Crippen LogP contribution is -2.62. The second-order valence-corrected chi connectivity index (χ2v) is 4.77. The summed E-state index contributed by atoms with van der Waals surface area (Å²) in [7, 11) is 1.22. The number of amides is 2. The van der Waals surface area contributed by atoms with Crippen LogP contribution in [0.25, 0.3) is 0 Å². The Labute approximate surface area is 121 Å². The van der Waals surface area contributed by atoms with Crippen molar-refractivity contribution in [2.75, 3.05) is 7.11 Å². The second-order valence-electron chi connectivity index (χ2n) is 4.77. The maximum atomic E-state index is 12.0. The first kappa shape index (κ1) is 14.8. The van der Waals surface area contributed by atoms with Gasteiger partial charge in [0, 0.05) is 6.42 Å². The molecular formula is C14H16N2O5. The van der Waals surface area contributed by atoms with Crippen LogP contribution in [-0.4, -0.2) is 42.1 Å². The van der Waals surface area contributed by atoms with Gasteiger partial charge in [-0.2, -0.15) is 0 Å².